The monoisotopic (exact) mass is 344 g/mol. The lowest BCUT2D eigenvalue weighted by molar-refractivity contribution is 0.0601. The molecule has 0 bridgehead atoms. The zero-order chi connectivity index (χ0) is 17.3. The van der Waals surface area contributed by atoms with Crippen molar-refractivity contribution in [3.63, 3.8) is 0 Å². The minimum absolute atomic E-state index is 0.260. The highest BCUT2D eigenvalue weighted by atomic mass is 32.1. The molecule has 0 saturated carbocycles. The summed E-state index contributed by atoms with van der Waals surface area (Å²) in [6, 6.07) is 6.82. The largest absolute Gasteiger partial charge is 0.465 e. The van der Waals surface area contributed by atoms with Gasteiger partial charge in [0.2, 0.25) is 0 Å². The van der Waals surface area contributed by atoms with E-state index in [2.05, 4.69) is 15.4 Å². The third-order valence-corrected chi connectivity index (χ3v) is 4.40. The third-order valence-electron chi connectivity index (χ3n) is 3.46. The van der Waals surface area contributed by atoms with Gasteiger partial charge in [0.1, 0.15) is 5.69 Å². The molecule has 0 radical (unpaired) electrons. The zero-order valence-electron chi connectivity index (χ0n) is 13.5. The molecule has 24 heavy (non-hydrogen) atoms. The number of hydrogen-bond acceptors (Lipinski definition) is 6. The topological polar surface area (TPSA) is 86.1 Å². The Morgan fingerprint density at radius 3 is 2.83 bits per heavy atom. The van der Waals surface area contributed by atoms with Gasteiger partial charge < -0.3 is 4.74 Å². The Hall–Kier alpha value is -2.74. The van der Waals surface area contributed by atoms with Gasteiger partial charge in [0.05, 0.1) is 28.6 Å². The molecule has 0 aliphatic heterocycles. The van der Waals surface area contributed by atoms with Crippen LogP contribution in [0.2, 0.25) is 0 Å². The number of carbonyl (C=O) groups excluding carboxylic acids is 2. The molecule has 0 saturated heterocycles. The van der Waals surface area contributed by atoms with Gasteiger partial charge in [-0.1, -0.05) is 11.3 Å². The second kappa shape index (κ2) is 6.40. The molecule has 3 rings (SSSR count). The van der Waals surface area contributed by atoms with Crippen LogP contribution in [0.15, 0.2) is 24.3 Å². The fourth-order valence-electron chi connectivity index (χ4n) is 2.35. The number of aromatic nitrogens is 3. The maximum Gasteiger partial charge on any atom is 0.337 e. The Kier molecular flexibility index (Phi) is 4.30. The van der Waals surface area contributed by atoms with E-state index in [1.165, 1.54) is 18.4 Å². The normalized spacial score (nSPS) is 10.8. The second-order valence-corrected chi connectivity index (χ2v) is 6.16. The molecule has 0 unspecified atom stereocenters. The molecular weight excluding hydrogens is 328 g/mol. The summed E-state index contributed by atoms with van der Waals surface area (Å²) in [5.74, 6) is -0.664. The van der Waals surface area contributed by atoms with E-state index in [9.17, 15) is 9.59 Å². The van der Waals surface area contributed by atoms with Crippen LogP contribution in [0.5, 0.6) is 0 Å². The summed E-state index contributed by atoms with van der Waals surface area (Å²) < 4.78 is 7.15. The lowest BCUT2D eigenvalue weighted by Gasteiger charge is -2.03. The van der Waals surface area contributed by atoms with E-state index in [4.69, 9.17) is 4.74 Å². The van der Waals surface area contributed by atoms with Crippen LogP contribution in [0, 0.1) is 6.92 Å². The summed E-state index contributed by atoms with van der Waals surface area (Å²) in [5, 5.41) is 7.52. The molecule has 0 fully saturated rings. The van der Waals surface area contributed by atoms with Crippen molar-refractivity contribution in [2.45, 2.75) is 20.4 Å². The van der Waals surface area contributed by atoms with Crippen molar-refractivity contribution in [3.8, 4) is 0 Å². The Morgan fingerprint density at radius 1 is 1.33 bits per heavy atom. The van der Waals surface area contributed by atoms with Crippen molar-refractivity contribution in [1.29, 1.82) is 0 Å². The Morgan fingerprint density at radius 2 is 2.12 bits per heavy atom. The number of methoxy groups -OCH3 is 1. The fraction of sp³-hybridized carbons (Fsp3) is 0.250. The maximum atomic E-state index is 12.4. The summed E-state index contributed by atoms with van der Waals surface area (Å²) >= 11 is 1.30. The van der Waals surface area contributed by atoms with E-state index >= 15 is 0 Å². The van der Waals surface area contributed by atoms with Crippen LogP contribution in [0.4, 0.5) is 5.13 Å². The van der Waals surface area contributed by atoms with Crippen molar-refractivity contribution >= 4 is 38.6 Å². The number of nitrogens with zero attached hydrogens (tertiary/aromatic N) is 3. The highest BCUT2D eigenvalue weighted by Gasteiger charge is 2.16. The van der Waals surface area contributed by atoms with Crippen molar-refractivity contribution in [1.82, 2.24) is 14.8 Å². The van der Waals surface area contributed by atoms with E-state index in [1.54, 1.807) is 28.9 Å². The van der Waals surface area contributed by atoms with E-state index in [0.29, 0.717) is 28.5 Å². The molecule has 2 heterocycles. The van der Waals surface area contributed by atoms with Gasteiger partial charge in [-0.3, -0.25) is 14.8 Å². The zero-order valence-corrected chi connectivity index (χ0v) is 14.3. The predicted octanol–water partition coefficient (Wildman–Crippen LogP) is 2.86. The number of carbonyl (C=O) groups is 2. The lowest BCUT2D eigenvalue weighted by atomic mass is 10.2. The first kappa shape index (κ1) is 16.1. The molecule has 7 nitrogen and oxygen atoms in total. The van der Waals surface area contributed by atoms with Crippen LogP contribution in [-0.2, 0) is 11.3 Å². The molecule has 2 aromatic heterocycles. The lowest BCUT2D eigenvalue weighted by Crippen LogP contribution is -2.17. The molecule has 0 atom stereocenters. The molecule has 1 N–H and O–H groups in total. The van der Waals surface area contributed by atoms with Gasteiger partial charge in [-0.15, -0.1) is 0 Å². The average molecular weight is 344 g/mol. The number of nitrogens with one attached hydrogen (secondary N) is 1. The molecule has 0 spiro atoms. The van der Waals surface area contributed by atoms with Gasteiger partial charge in [-0.2, -0.15) is 5.10 Å². The van der Waals surface area contributed by atoms with Crippen LogP contribution < -0.4 is 5.32 Å². The highest BCUT2D eigenvalue weighted by molar-refractivity contribution is 7.22. The first-order valence-corrected chi connectivity index (χ1v) is 8.18. The Labute approximate surface area is 142 Å². The fourth-order valence-corrected chi connectivity index (χ4v) is 3.25. The molecule has 3 aromatic rings. The number of anilines is 1. The second-order valence-electron chi connectivity index (χ2n) is 5.13. The minimum Gasteiger partial charge on any atom is -0.465 e. The van der Waals surface area contributed by atoms with Crippen molar-refractivity contribution < 1.29 is 14.3 Å². The number of thiazole rings is 1. The Bertz CT molecular complexity index is 929. The molecule has 0 aliphatic rings. The summed E-state index contributed by atoms with van der Waals surface area (Å²) in [7, 11) is 1.34. The number of amides is 1. The molecule has 1 aromatic carbocycles. The summed E-state index contributed by atoms with van der Waals surface area (Å²) in [4.78, 5) is 28.4. The Balaban J connectivity index is 1.87. The quantitative estimate of drug-likeness (QED) is 0.736. The van der Waals surface area contributed by atoms with Crippen LogP contribution in [0.3, 0.4) is 0 Å². The number of benzene rings is 1. The number of rotatable bonds is 4. The van der Waals surface area contributed by atoms with Crippen molar-refractivity contribution in [2.75, 3.05) is 12.4 Å². The number of ether oxygens (including phenoxy) is 1. The van der Waals surface area contributed by atoms with Crippen LogP contribution >= 0.6 is 11.3 Å². The standard InChI is InChI=1S/C16H16N4O3S/c1-4-20-12(7-9(2)19-20)14(21)18-16-17-11-6-5-10(15(22)23-3)8-13(11)24-16/h5-8H,4H2,1-3H3,(H,17,18,21). The number of aryl methyl sites for hydroxylation is 2. The summed E-state index contributed by atoms with van der Waals surface area (Å²) in [6.07, 6.45) is 0. The number of hydrogen-bond donors (Lipinski definition) is 1. The molecular formula is C16H16N4O3S. The van der Waals surface area contributed by atoms with E-state index in [-0.39, 0.29) is 5.91 Å². The molecule has 124 valence electrons. The maximum absolute atomic E-state index is 12.4. The van der Waals surface area contributed by atoms with Crippen LogP contribution in [0.25, 0.3) is 10.2 Å². The van der Waals surface area contributed by atoms with Gasteiger partial charge >= 0.3 is 5.97 Å². The van der Waals surface area contributed by atoms with Crippen molar-refractivity contribution in [3.05, 3.63) is 41.2 Å². The van der Waals surface area contributed by atoms with Gasteiger partial charge in [-0.25, -0.2) is 9.78 Å². The third kappa shape index (κ3) is 3.00. The smallest absolute Gasteiger partial charge is 0.337 e. The van der Waals surface area contributed by atoms with Gasteiger partial charge in [0.15, 0.2) is 5.13 Å². The van der Waals surface area contributed by atoms with Gasteiger partial charge in [-0.05, 0) is 38.1 Å². The minimum atomic E-state index is -0.404. The molecule has 0 aliphatic carbocycles. The number of esters is 1. The van der Waals surface area contributed by atoms with E-state index in [1.807, 2.05) is 13.8 Å². The predicted molar refractivity (Wildman–Crippen MR) is 91.6 cm³/mol. The first-order valence-electron chi connectivity index (χ1n) is 7.36. The molecule has 8 heteroatoms. The van der Waals surface area contributed by atoms with Gasteiger partial charge in [0.25, 0.3) is 5.91 Å². The average Bonchev–Trinajstić information content (AvgIpc) is 3.15. The number of fused-ring (bicyclic) bond motifs is 1. The van der Waals surface area contributed by atoms with E-state index in [0.717, 1.165) is 10.4 Å². The highest BCUT2D eigenvalue weighted by Crippen LogP contribution is 2.27. The summed E-state index contributed by atoms with van der Waals surface area (Å²) in [5.41, 5.74) is 2.44. The SMILES string of the molecule is CCn1nc(C)cc1C(=O)Nc1nc2ccc(C(=O)OC)cc2s1. The van der Waals surface area contributed by atoms with Crippen molar-refractivity contribution in [2.24, 2.45) is 0 Å². The van der Waals surface area contributed by atoms with Gasteiger partial charge in [0, 0.05) is 6.54 Å². The van der Waals surface area contributed by atoms with E-state index < -0.39 is 5.97 Å². The van der Waals surface area contributed by atoms with Crippen LogP contribution in [-0.4, -0.2) is 33.8 Å². The van der Waals surface area contributed by atoms with Crippen LogP contribution in [0.1, 0.15) is 33.5 Å². The summed E-state index contributed by atoms with van der Waals surface area (Å²) in [6.45, 7) is 4.38. The molecule has 1 amide bonds. The first-order chi connectivity index (χ1) is 11.5.